The smallest absolute Gasteiger partial charge is 0.130 e. The SMILES string of the molecule is CCc1nc(Br)c2cccc(Cl)c2n1. The second-order valence-corrected chi connectivity index (χ2v) is 4.08. The van der Waals surface area contributed by atoms with Crippen LogP contribution in [0.4, 0.5) is 0 Å². The molecule has 0 aliphatic heterocycles. The van der Waals surface area contributed by atoms with Crippen molar-refractivity contribution in [1.82, 2.24) is 9.97 Å². The maximum atomic E-state index is 6.05. The minimum absolute atomic E-state index is 0.667. The highest BCUT2D eigenvalue weighted by Gasteiger charge is 2.06. The Morgan fingerprint density at radius 3 is 2.86 bits per heavy atom. The van der Waals surface area contributed by atoms with E-state index in [1.54, 1.807) is 0 Å². The van der Waals surface area contributed by atoms with Gasteiger partial charge in [0.15, 0.2) is 0 Å². The van der Waals surface area contributed by atoms with Gasteiger partial charge in [0, 0.05) is 11.8 Å². The molecule has 0 aliphatic rings. The van der Waals surface area contributed by atoms with E-state index in [-0.39, 0.29) is 0 Å². The van der Waals surface area contributed by atoms with Gasteiger partial charge in [-0.25, -0.2) is 9.97 Å². The van der Waals surface area contributed by atoms with Gasteiger partial charge < -0.3 is 0 Å². The highest BCUT2D eigenvalue weighted by molar-refractivity contribution is 9.10. The molecule has 1 aromatic carbocycles. The molecule has 2 nitrogen and oxygen atoms in total. The minimum atomic E-state index is 0.667. The van der Waals surface area contributed by atoms with E-state index in [2.05, 4.69) is 25.9 Å². The summed E-state index contributed by atoms with van der Waals surface area (Å²) >= 11 is 9.46. The number of rotatable bonds is 1. The van der Waals surface area contributed by atoms with Crippen LogP contribution < -0.4 is 0 Å². The second-order valence-electron chi connectivity index (χ2n) is 2.92. The molecule has 1 heterocycles. The Labute approximate surface area is 95.5 Å². The molecule has 4 heteroatoms. The molecule has 2 aromatic rings. The number of nitrogens with zero attached hydrogens (tertiary/aromatic N) is 2. The van der Waals surface area contributed by atoms with Crippen molar-refractivity contribution in [2.75, 3.05) is 0 Å². The summed E-state index contributed by atoms with van der Waals surface area (Å²) in [6.45, 7) is 2.02. The van der Waals surface area contributed by atoms with Crippen LogP contribution in [0.1, 0.15) is 12.7 Å². The molecule has 0 amide bonds. The normalized spacial score (nSPS) is 10.8. The van der Waals surface area contributed by atoms with Crippen LogP contribution in [0.5, 0.6) is 0 Å². The highest BCUT2D eigenvalue weighted by atomic mass is 79.9. The van der Waals surface area contributed by atoms with E-state index >= 15 is 0 Å². The molecule has 0 bridgehead atoms. The lowest BCUT2D eigenvalue weighted by atomic mass is 10.2. The van der Waals surface area contributed by atoms with Crippen LogP contribution in [0.2, 0.25) is 5.02 Å². The van der Waals surface area contributed by atoms with Gasteiger partial charge in [-0.2, -0.15) is 0 Å². The maximum Gasteiger partial charge on any atom is 0.130 e. The summed E-state index contributed by atoms with van der Waals surface area (Å²) in [5.74, 6) is 0.803. The van der Waals surface area contributed by atoms with Crippen LogP contribution in [0.3, 0.4) is 0 Å². The van der Waals surface area contributed by atoms with E-state index in [0.717, 1.165) is 27.8 Å². The van der Waals surface area contributed by atoms with Crippen molar-refractivity contribution in [3.8, 4) is 0 Å². The first kappa shape index (κ1) is 9.87. The Morgan fingerprint density at radius 2 is 2.14 bits per heavy atom. The lowest BCUT2D eigenvalue weighted by Gasteiger charge is -2.03. The Kier molecular flexibility index (Phi) is 2.70. The van der Waals surface area contributed by atoms with Crippen molar-refractivity contribution in [3.63, 3.8) is 0 Å². The van der Waals surface area contributed by atoms with E-state index in [1.807, 2.05) is 25.1 Å². The third kappa shape index (κ3) is 1.62. The number of hydrogen-bond acceptors (Lipinski definition) is 2. The first-order valence-corrected chi connectivity index (χ1v) is 5.50. The molecular weight excluding hydrogens is 263 g/mol. The summed E-state index contributed by atoms with van der Waals surface area (Å²) in [5.41, 5.74) is 0.813. The summed E-state index contributed by atoms with van der Waals surface area (Å²) in [6.07, 6.45) is 0.805. The van der Waals surface area contributed by atoms with Gasteiger partial charge in [0.25, 0.3) is 0 Å². The molecule has 0 N–H and O–H groups in total. The molecule has 0 radical (unpaired) electrons. The molecule has 0 aliphatic carbocycles. The average Bonchev–Trinajstić information content (AvgIpc) is 2.19. The van der Waals surface area contributed by atoms with E-state index in [4.69, 9.17) is 11.6 Å². The number of hydrogen-bond donors (Lipinski definition) is 0. The Hall–Kier alpha value is -0.670. The maximum absolute atomic E-state index is 6.05. The summed E-state index contributed by atoms with van der Waals surface area (Å²) in [4.78, 5) is 8.69. The van der Waals surface area contributed by atoms with Crippen LogP contribution in [-0.4, -0.2) is 9.97 Å². The average molecular weight is 272 g/mol. The first-order chi connectivity index (χ1) is 6.72. The molecule has 72 valence electrons. The number of benzene rings is 1. The first-order valence-electron chi connectivity index (χ1n) is 4.33. The standard InChI is InChI=1S/C10H8BrClN2/c1-2-8-13-9-6(10(11)14-8)4-3-5-7(9)12/h3-5H,2H2,1H3. The van der Waals surface area contributed by atoms with Gasteiger partial charge in [0.1, 0.15) is 10.4 Å². The lowest BCUT2D eigenvalue weighted by molar-refractivity contribution is 0.951. The lowest BCUT2D eigenvalue weighted by Crippen LogP contribution is -1.94. The number of halogens is 2. The number of aryl methyl sites for hydroxylation is 1. The predicted molar refractivity (Wildman–Crippen MR) is 61.6 cm³/mol. The highest BCUT2D eigenvalue weighted by Crippen LogP contribution is 2.26. The quantitative estimate of drug-likeness (QED) is 0.741. The number of aromatic nitrogens is 2. The number of fused-ring (bicyclic) bond motifs is 1. The predicted octanol–water partition coefficient (Wildman–Crippen LogP) is 3.61. The molecule has 0 saturated carbocycles. The molecule has 14 heavy (non-hydrogen) atoms. The zero-order chi connectivity index (χ0) is 10.1. The second kappa shape index (κ2) is 3.83. The minimum Gasteiger partial charge on any atom is -0.231 e. The Balaban J connectivity index is 2.83. The molecule has 0 saturated heterocycles. The zero-order valence-electron chi connectivity index (χ0n) is 7.59. The van der Waals surface area contributed by atoms with Crippen molar-refractivity contribution < 1.29 is 0 Å². The Bertz CT molecular complexity index is 485. The summed E-state index contributed by atoms with van der Waals surface area (Å²) in [6, 6.07) is 5.68. The van der Waals surface area contributed by atoms with Crippen molar-refractivity contribution in [1.29, 1.82) is 0 Å². The Morgan fingerprint density at radius 1 is 1.36 bits per heavy atom. The van der Waals surface area contributed by atoms with Gasteiger partial charge in [-0.3, -0.25) is 0 Å². The van der Waals surface area contributed by atoms with Crippen LogP contribution in [0.25, 0.3) is 10.9 Å². The van der Waals surface area contributed by atoms with E-state index in [0.29, 0.717) is 5.02 Å². The summed E-state index contributed by atoms with van der Waals surface area (Å²) < 4.78 is 0.807. The third-order valence-electron chi connectivity index (χ3n) is 1.99. The fourth-order valence-electron chi connectivity index (χ4n) is 1.28. The van der Waals surface area contributed by atoms with Crippen molar-refractivity contribution in [2.24, 2.45) is 0 Å². The van der Waals surface area contributed by atoms with Gasteiger partial charge in [0.05, 0.1) is 10.5 Å². The molecule has 0 atom stereocenters. The third-order valence-corrected chi connectivity index (χ3v) is 2.90. The van der Waals surface area contributed by atoms with Crippen LogP contribution in [-0.2, 0) is 6.42 Å². The summed E-state index contributed by atoms with van der Waals surface area (Å²) in [7, 11) is 0. The molecular formula is C10H8BrClN2. The fraction of sp³-hybridized carbons (Fsp3) is 0.200. The topological polar surface area (TPSA) is 25.8 Å². The van der Waals surface area contributed by atoms with E-state index in [9.17, 15) is 0 Å². The van der Waals surface area contributed by atoms with Crippen molar-refractivity contribution >= 4 is 38.4 Å². The van der Waals surface area contributed by atoms with Gasteiger partial charge >= 0.3 is 0 Å². The van der Waals surface area contributed by atoms with Crippen LogP contribution in [0.15, 0.2) is 22.8 Å². The van der Waals surface area contributed by atoms with Gasteiger partial charge in [-0.15, -0.1) is 0 Å². The molecule has 1 aromatic heterocycles. The van der Waals surface area contributed by atoms with Gasteiger partial charge in [-0.1, -0.05) is 24.6 Å². The number of para-hydroxylation sites is 1. The van der Waals surface area contributed by atoms with Crippen molar-refractivity contribution in [2.45, 2.75) is 13.3 Å². The summed E-state index contributed by atoms with van der Waals surface area (Å²) in [5, 5.41) is 1.62. The molecule has 2 rings (SSSR count). The zero-order valence-corrected chi connectivity index (χ0v) is 9.93. The van der Waals surface area contributed by atoms with Gasteiger partial charge in [0.2, 0.25) is 0 Å². The largest absolute Gasteiger partial charge is 0.231 e. The molecule has 0 unspecified atom stereocenters. The fourth-order valence-corrected chi connectivity index (χ4v) is 2.02. The van der Waals surface area contributed by atoms with Gasteiger partial charge in [-0.05, 0) is 28.1 Å². The van der Waals surface area contributed by atoms with Crippen LogP contribution >= 0.6 is 27.5 Å². The van der Waals surface area contributed by atoms with Crippen molar-refractivity contribution in [3.05, 3.63) is 33.6 Å². The van der Waals surface area contributed by atoms with Crippen LogP contribution in [0, 0.1) is 0 Å². The molecule has 0 fully saturated rings. The monoisotopic (exact) mass is 270 g/mol. The molecule has 0 spiro atoms. The van der Waals surface area contributed by atoms with E-state index in [1.165, 1.54) is 0 Å². The van der Waals surface area contributed by atoms with E-state index < -0.39 is 0 Å².